The first-order chi connectivity index (χ1) is 10.9. The Morgan fingerprint density at radius 3 is 2.43 bits per heavy atom. The molecular formula is C15H13N3O3S2. The Bertz CT molecular complexity index is 1100. The van der Waals surface area contributed by atoms with Crippen LogP contribution in [-0.2, 0) is 10.0 Å². The molecule has 0 saturated heterocycles. The number of hydrogen-bond acceptors (Lipinski definition) is 4. The van der Waals surface area contributed by atoms with Crippen molar-refractivity contribution in [1.29, 1.82) is 0 Å². The maximum Gasteiger partial charge on any atom is 0.281 e. The van der Waals surface area contributed by atoms with Gasteiger partial charge in [0.2, 0.25) is 4.77 Å². The molecule has 0 aliphatic heterocycles. The van der Waals surface area contributed by atoms with Crippen LogP contribution in [-0.4, -0.2) is 18.1 Å². The molecule has 118 valence electrons. The molecule has 6 nitrogen and oxygen atoms in total. The lowest BCUT2D eigenvalue weighted by atomic mass is 10.2. The van der Waals surface area contributed by atoms with E-state index >= 15 is 0 Å². The van der Waals surface area contributed by atoms with E-state index in [1.807, 2.05) is 6.92 Å². The molecule has 0 spiro atoms. The van der Waals surface area contributed by atoms with Crippen LogP contribution in [0.5, 0.6) is 0 Å². The van der Waals surface area contributed by atoms with E-state index in [0.717, 1.165) is 10.2 Å². The second kappa shape index (κ2) is 5.64. The summed E-state index contributed by atoms with van der Waals surface area (Å²) in [5, 5.41) is 0.340. The average molecular weight is 347 g/mol. The highest BCUT2D eigenvalue weighted by Gasteiger charge is 2.16. The second-order valence-corrected chi connectivity index (χ2v) is 7.07. The number of nitrogens with zero attached hydrogens (tertiary/aromatic N) is 1. The minimum atomic E-state index is -3.92. The molecule has 0 amide bonds. The van der Waals surface area contributed by atoms with Gasteiger partial charge in [0.1, 0.15) is 0 Å². The van der Waals surface area contributed by atoms with Crippen molar-refractivity contribution in [3.05, 3.63) is 69.2 Å². The molecule has 1 aromatic heterocycles. The average Bonchev–Trinajstić information content (AvgIpc) is 2.52. The summed E-state index contributed by atoms with van der Waals surface area (Å²) in [5.74, 6) is 0. The van der Waals surface area contributed by atoms with Crippen molar-refractivity contribution < 1.29 is 8.42 Å². The molecule has 1 heterocycles. The first kappa shape index (κ1) is 15.4. The zero-order valence-corrected chi connectivity index (χ0v) is 13.7. The number of benzene rings is 2. The fraction of sp³-hybridized carbons (Fsp3) is 0.0667. The van der Waals surface area contributed by atoms with Gasteiger partial charge in [-0.2, -0.15) is 13.1 Å². The Labute approximate surface area is 137 Å². The monoisotopic (exact) mass is 347 g/mol. The van der Waals surface area contributed by atoms with E-state index in [4.69, 9.17) is 12.2 Å². The van der Waals surface area contributed by atoms with Crippen molar-refractivity contribution in [3.8, 4) is 0 Å². The van der Waals surface area contributed by atoms with E-state index in [2.05, 4.69) is 9.82 Å². The van der Waals surface area contributed by atoms with Gasteiger partial charge in [0.05, 0.1) is 15.8 Å². The molecule has 0 unspecified atom stereocenters. The molecule has 0 bridgehead atoms. The Hall–Kier alpha value is -2.45. The second-order valence-electron chi connectivity index (χ2n) is 5.02. The third kappa shape index (κ3) is 2.90. The smallest absolute Gasteiger partial charge is 0.281 e. The summed E-state index contributed by atoms with van der Waals surface area (Å²) in [4.78, 5) is 17.6. The topological polar surface area (TPSA) is 84.0 Å². The number of hydrogen-bond donors (Lipinski definition) is 2. The van der Waals surface area contributed by atoms with Gasteiger partial charge in [-0.05, 0) is 43.4 Å². The van der Waals surface area contributed by atoms with Crippen LogP contribution in [0.1, 0.15) is 5.56 Å². The molecule has 2 N–H and O–H groups in total. The van der Waals surface area contributed by atoms with Crippen molar-refractivity contribution in [1.82, 2.24) is 9.66 Å². The van der Waals surface area contributed by atoms with Gasteiger partial charge in [0, 0.05) is 0 Å². The highest BCUT2D eigenvalue weighted by molar-refractivity contribution is 7.92. The zero-order valence-electron chi connectivity index (χ0n) is 12.1. The summed E-state index contributed by atoms with van der Waals surface area (Å²) in [7, 11) is -3.92. The first-order valence-corrected chi connectivity index (χ1v) is 8.61. The Morgan fingerprint density at radius 1 is 1.09 bits per heavy atom. The van der Waals surface area contributed by atoms with Crippen LogP contribution in [0, 0.1) is 11.7 Å². The molecule has 23 heavy (non-hydrogen) atoms. The number of aryl methyl sites for hydroxylation is 1. The number of nitrogens with one attached hydrogen (secondary N) is 2. The molecule has 0 radical (unpaired) electrons. The van der Waals surface area contributed by atoms with Gasteiger partial charge in [-0.25, -0.2) is 4.83 Å². The summed E-state index contributed by atoms with van der Waals surface area (Å²) in [5.41, 5.74) is 0.956. The SMILES string of the molecule is Cc1ccc(S(=O)(=O)Nn2c(=S)[nH]c3ccccc3c2=O)cc1. The van der Waals surface area contributed by atoms with E-state index < -0.39 is 15.6 Å². The maximum atomic E-state index is 12.5. The van der Waals surface area contributed by atoms with Crippen LogP contribution in [0.15, 0.2) is 58.2 Å². The van der Waals surface area contributed by atoms with Crippen molar-refractivity contribution in [2.24, 2.45) is 0 Å². The van der Waals surface area contributed by atoms with Crippen LogP contribution >= 0.6 is 12.2 Å². The number of sulfonamides is 1. The van der Waals surface area contributed by atoms with Crippen LogP contribution in [0.4, 0.5) is 0 Å². The van der Waals surface area contributed by atoms with Gasteiger partial charge in [-0.3, -0.25) is 4.79 Å². The quantitative estimate of drug-likeness (QED) is 0.712. The van der Waals surface area contributed by atoms with E-state index in [1.165, 1.54) is 12.1 Å². The number of aromatic nitrogens is 2. The minimum Gasteiger partial charge on any atom is -0.330 e. The third-order valence-electron chi connectivity index (χ3n) is 3.35. The Balaban J connectivity index is 2.13. The summed E-state index contributed by atoms with van der Waals surface area (Å²) in [6, 6.07) is 13.0. The molecular weight excluding hydrogens is 334 g/mol. The van der Waals surface area contributed by atoms with Crippen molar-refractivity contribution in [2.45, 2.75) is 11.8 Å². The van der Waals surface area contributed by atoms with E-state index in [9.17, 15) is 13.2 Å². The summed E-state index contributed by atoms with van der Waals surface area (Å²) in [6.45, 7) is 1.86. The van der Waals surface area contributed by atoms with Crippen molar-refractivity contribution >= 4 is 33.1 Å². The number of H-pyrrole nitrogens is 1. The van der Waals surface area contributed by atoms with Crippen LogP contribution in [0.2, 0.25) is 0 Å². The largest absolute Gasteiger partial charge is 0.330 e. The molecule has 0 atom stereocenters. The minimum absolute atomic E-state index is 0.0237. The lowest BCUT2D eigenvalue weighted by Gasteiger charge is -2.11. The molecule has 0 fully saturated rings. The van der Waals surface area contributed by atoms with E-state index in [1.54, 1.807) is 36.4 Å². The van der Waals surface area contributed by atoms with Gasteiger partial charge < -0.3 is 4.98 Å². The molecule has 0 aliphatic rings. The predicted molar refractivity (Wildman–Crippen MR) is 91.1 cm³/mol. The molecule has 8 heteroatoms. The Kier molecular flexibility index (Phi) is 3.78. The fourth-order valence-corrected chi connectivity index (χ4v) is 3.45. The number of aromatic amines is 1. The number of fused-ring (bicyclic) bond motifs is 1. The molecule has 0 saturated carbocycles. The maximum absolute atomic E-state index is 12.5. The van der Waals surface area contributed by atoms with Gasteiger partial charge in [-0.1, -0.05) is 29.8 Å². The molecule has 2 aromatic carbocycles. The lowest BCUT2D eigenvalue weighted by Crippen LogP contribution is -2.34. The number of para-hydroxylation sites is 1. The van der Waals surface area contributed by atoms with Gasteiger partial charge >= 0.3 is 0 Å². The molecule has 3 aromatic rings. The van der Waals surface area contributed by atoms with Crippen LogP contribution in [0.25, 0.3) is 10.9 Å². The highest BCUT2D eigenvalue weighted by Crippen LogP contribution is 2.11. The van der Waals surface area contributed by atoms with Gasteiger partial charge in [-0.15, -0.1) is 0 Å². The van der Waals surface area contributed by atoms with Gasteiger partial charge in [0.15, 0.2) is 0 Å². The van der Waals surface area contributed by atoms with E-state index in [-0.39, 0.29) is 9.67 Å². The van der Waals surface area contributed by atoms with E-state index in [0.29, 0.717) is 10.9 Å². The molecule has 0 aliphatic carbocycles. The van der Waals surface area contributed by atoms with Crippen molar-refractivity contribution in [3.63, 3.8) is 0 Å². The van der Waals surface area contributed by atoms with Crippen LogP contribution < -0.4 is 10.4 Å². The standard InChI is InChI=1S/C15H13N3O3S2/c1-10-6-8-11(9-7-10)23(20,21)17-18-14(19)12-4-2-3-5-13(12)16-15(18)22/h2-9,17H,1H3,(H,16,22). The van der Waals surface area contributed by atoms with Crippen molar-refractivity contribution in [2.75, 3.05) is 4.83 Å². The number of rotatable bonds is 3. The normalized spacial score (nSPS) is 11.5. The van der Waals surface area contributed by atoms with Gasteiger partial charge in [0.25, 0.3) is 15.6 Å². The lowest BCUT2D eigenvalue weighted by molar-refractivity contribution is 0.593. The zero-order chi connectivity index (χ0) is 16.6. The highest BCUT2D eigenvalue weighted by atomic mass is 32.2. The summed E-state index contributed by atoms with van der Waals surface area (Å²) in [6.07, 6.45) is 0. The summed E-state index contributed by atoms with van der Waals surface area (Å²) >= 11 is 5.09. The fourth-order valence-electron chi connectivity index (χ4n) is 2.14. The molecule has 3 rings (SSSR count). The predicted octanol–water partition coefficient (Wildman–Crippen LogP) is 2.30. The van der Waals surface area contributed by atoms with Crippen LogP contribution in [0.3, 0.4) is 0 Å². The summed E-state index contributed by atoms with van der Waals surface area (Å²) < 4.78 is 25.6. The Morgan fingerprint density at radius 2 is 1.74 bits per heavy atom. The third-order valence-corrected chi connectivity index (χ3v) is 4.95. The first-order valence-electron chi connectivity index (χ1n) is 6.72.